The molecule has 2 aromatic carbocycles. The molecule has 0 saturated carbocycles. The number of amides is 2. The molecular weight excluding hydrogens is 617 g/mol. The average molecular weight is 642 g/mol. The molecule has 228 valence electrons. The number of nitrogens with two attached hydrogens (primary N) is 2. The Balaban J connectivity index is 1.34. The average Bonchev–Trinajstić information content (AvgIpc) is 2.97. The number of rotatable bonds is 12. The molecule has 0 bridgehead atoms. The molecule has 2 heterocycles. The lowest BCUT2D eigenvalue weighted by atomic mass is 10.1. The molecule has 4 rings (SSSR count). The van der Waals surface area contributed by atoms with E-state index in [9.17, 15) is 29.4 Å². The van der Waals surface area contributed by atoms with Gasteiger partial charge in [0, 0.05) is 12.1 Å². The fraction of sp³-hybridized carbons (Fsp3) is 0.185. The molecule has 4 aromatic rings. The fourth-order valence-electron chi connectivity index (χ4n) is 4.09. The number of hydrogen-bond acceptors (Lipinski definition) is 11. The van der Waals surface area contributed by atoms with Gasteiger partial charge in [-0.05, 0) is 37.1 Å². The molecule has 44 heavy (non-hydrogen) atoms. The number of aromatic nitrogens is 4. The molecule has 0 aliphatic carbocycles. The van der Waals surface area contributed by atoms with Gasteiger partial charge < -0.3 is 37.6 Å². The Hall–Kier alpha value is -5.28. The summed E-state index contributed by atoms with van der Waals surface area (Å²) in [5.41, 5.74) is 12.5. The van der Waals surface area contributed by atoms with E-state index in [0.717, 1.165) is 0 Å². The predicted octanol–water partition coefficient (Wildman–Crippen LogP) is 2.59. The van der Waals surface area contributed by atoms with Crippen LogP contribution < -0.4 is 27.4 Å². The lowest BCUT2D eigenvalue weighted by Crippen LogP contribution is -2.41. The highest BCUT2D eigenvalue weighted by Gasteiger charge is 2.22. The molecule has 0 radical (unpaired) electrons. The summed E-state index contributed by atoms with van der Waals surface area (Å²) in [6.07, 6.45) is 1.60. The molecule has 0 spiro atoms. The number of aromatic carboxylic acids is 1. The summed E-state index contributed by atoms with van der Waals surface area (Å²) >= 11 is 12.8. The van der Waals surface area contributed by atoms with Crippen LogP contribution in [0.15, 0.2) is 42.6 Å². The van der Waals surface area contributed by atoms with E-state index in [1.54, 1.807) is 0 Å². The van der Waals surface area contributed by atoms with E-state index in [1.807, 2.05) is 0 Å². The highest BCUT2D eigenvalue weighted by Crippen LogP contribution is 2.32. The van der Waals surface area contributed by atoms with Gasteiger partial charge in [0.15, 0.2) is 17.0 Å². The van der Waals surface area contributed by atoms with Crippen LogP contribution in [0, 0.1) is 0 Å². The Morgan fingerprint density at radius 2 is 1.61 bits per heavy atom. The van der Waals surface area contributed by atoms with Gasteiger partial charge in [-0.25, -0.2) is 19.6 Å². The van der Waals surface area contributed by atoms with E-state index < -0.39 is 29.8 Å². The maximum Gasteiger partial charge on any atom is 0.336 e. The van der Waals surface area contributed by atoms with Gasteiger partial charge in [-0.15, -0.1) is 0 Å². The number of nitrogens with one attached hydrogen (secondary N) is 3. The summed E-state index contributed by atoms with van der Waals surface area (Å²) in [5.74, 6) is -3.85. The molecule has 0 unspecified atom stereocenters. The topological polar surface area (TPSA) is 248 Å². The van der Waals surface area contributed by atoms with E-state index in [4.69, 9.17) is 34.7 Å². The summed E-state index contributed by atoms with van der Waals surface area (Å²) < 4.78 is 0. The van der Waals surface area contributed by atoms with Crippen LogP contribution in [0.25, 0.3) is 11.2 Å². The van der Waals surface area contributed by atoms with Gasteiger partial charge >= 0.3 is 11.9 Å². The number of carboxylic acid groups (broad SMARTS) is 2. The standard InChI is InChI=1S/C27H25Cl2N9O6/c28-16-8-12(9-17(29)19(16)33-10-13-11-34-22-20(35-13)21(30)37-27(31)38-22)23(39)36-18(26(43)44)6-3-7-32-24(40)14-4-1-2-5-15(14)25(41)42/h1-2,4-5,8-9,11,18,33H,3,6-7,10H2,(H,32,40)(H,36,39)(H,41,42)(H,43,44)(H4,30,31,34,37,38)/t18-/m0/s1. The van der Waals surface area contributed by atoms with E-state index in [1.165, 1.54) is 42.6 Å². The number of aliphatic carboxylic acids is 1. The van der Waals surface area contributed by atoms with Crippen molar-refractivity contribution in [1.29, 1.82) is 0 Å². The minimum Gasteiger partial charge on any atom is -0.480 e. The number of halogens is 2. The number of anilines is 3. The maximum atomic E-state index is 12.9. The Labute approximate surface area is 259 Å². The molecule has 0 fully saturated rings. The Kier molecular flexibility index (Phi) is 9.92. The molecule has 0 saturated heterocycles. The number of carbonyl (C=O) groups excluding carboxylic acids is 2. The molecule has 2 aromatic heterocycles. The van der Waals surface area contributed by atoms with Gasteiger partial charge in [0.05, 0.1) is 45.3 Å². The normalized spacial score (nSPS) is 11.5. The van der Waals surface area contributed by atoms with Crippen LogP contribution in [0.3, 0.4) is 0 Å². The number of benzene rings is 2. The van der Waals surface area contributed by atoms with E-state index in [-0.39, 0.29) is 75.6 Å². The Morgan fingerprint density at radius 1 is 0.932 bits per heavy atom. The van der Waals surface area contributed by atoms with Crippen LogP contribution >= 0.6 is 23.2 Å². The third kappa shape index (κ3) is 7.56. The zero-order valence-electron chi connectivity index (χ0n) is 22.7. The highest BCUT2D eigenvalue weighted by molar-refractivity contribution is 6.39. The number of carbonyl (C=O) groups is 4. The van der Waals surface area contributed by atoms with Crippen molar-refractivity contribution in [1.82, 2.24) is 30.6 Å². The molecule has 17 heteroatoms. The third-order valence-electron chi connectivity index (χ3n) is 6.21. The van der Waals surface area contributed by atoms with Crippen LogP contribution in [-0.2, 0) is 11.3 Å². The molecule has 2 amide bonds. The molecule has 0 aliphatic rings. The monoisotopic (exact) mass is 641 g/mol. The maximum absolute atomic E-state index is 12.9. The van der Waals surface area contributed by atoms with E-state index >= 15 is 0 Å². The molecule has 1 atom stereocenters. The number of nitrogens with zero attached hydrogens (tertiary/aromatic N) is 4. The van der Waals surface area contributed by atoms with Crippen molar-refractivity contribution in [2.45, 2.75) is 25.4 Å². The van der Waals surface area contributed by atoms with Crippen LogP contribution in [0.5, 0.6) is 0 Å². The van der Waals surface area contributed by atoms with E-state index in [2.05, 4.69) is 35.9 Å². The molecular formula is C27H25Cl2N9O6. The zero-order chi connectivity index (χ0) is 32.0. The number of fused-ring (bicyclic) bond motifs is 1. The van der Waals surface area contributed by atoms with E-state index in [0.29, 0.717) is 11.4 Å². The lowest BCUT2D eigenvalue weighted by molar-refractivity contribution is -0.139. The van der Waals surface area contributed by atoms with Crippen LogP contribution in [0.2, 0.25) is 10.0 Å². The fourth-order valence-corrected chi connectivity index (χ4v) is 4.71. The van der Waals surface area contributed by atoms with Crippen molar-refractivity contribution < 1.29 is 29.4 Å². The number of carboxylic acids is 2. The first kappa shape index (κ1) is 31.7. The Bertz CT molecular complexity index is 1750. The first-order chi connectivity index (χ1) is 20.9. The first-order valence-electron chi connectivity index (χ1n) is 12.9. The summed E-state index contributed by atoms with van der Waals surface area (Å²) in [6, 6.07) is 7.06. The summed E-state index contributed by atoms with van der Waals surface area (Å²) in [7, 11) is 0. The van der Waals surface area contributed by atoms with Crippen LogP contribution in [-0.4, -0.2) is 66.5 Å². The zero-order valence-corrected chi connectivity index (χ0v) is 24.2. The third-order valence-corrected chi connectivity index (χ3v) is 6.81. The molecule has 9 N–H and O–H groups in total. The minimum absolute atomic E-state index is 0.0170. The smallest absolute Gasteiger partial charge is 0.336 e. The lowest BCUT2D eigenvalue weighted by Gasteiger charge is -2.16. The van der Waals surface area contributed by atoms with Crippen LogP contribution in [0.4, 0.5) is 17.5 Å². The molecule has 0 aliphatic heterocycles. The minimum atomic E-state index is -1.29. The first-order valence-corrected chi connectivity index (χ1v) is 13.6. The van der Waals surface area contributed by atoms with Crippen molar-refractivity contribution >= 4 is 75.6 Å². The van der Waals surface area contributed by atoms with Crippen molar-refractivity contribution in [3.8, 4) is 0 Å². The number of hydrogen-bond donors (Lipinski definition) is 7. The van der Waals surface area contributed by atoms with Gasteiger partial charge in [0.2, 0.25) is 5.95 Å². The quantitative estimate of drug-likeness (QED) is 0.110. The van der Waals surface area contributed by atoms with Crippen molar-refractivity contribution in [2.24, 2.45) is 0 Å². The summed E-state index contributed by atoms with van der Waals surface area (Å²) in [4.78, 5) is 64.8. The highest BCUT2D eigenvalue weighted by atomic mass is 35.5. The SMILES string of the molecule is Nc1nc(N)c2nc(CNc3c(Cl)cc(C(=O)N[C@@H](CCCNC(=O)c4ccccc4C(=O)O)C(=O)O)cc3Cl)cnc2n1. The van der Waals surface area contributed by atoms with Crippen molar-refractivity contribution in [3.05, 3.63) is 75.0 Å². The van der Waals surface area contributed by atoms with Crippen LogP contribution in [0.1, 0.15) is 49.6 Å². The summed E-state index contributed by atoms with van der Waals surface area (Å²) in [6.45, 7) is 0.164. The van der Waals surface area contributed by atoms with Crippen molar-refractivity contribution in [2.75, 3.05) is 23.3 Å². The Morgan fingerprint density at radius 3 is 2.27 bits per heavy atom. The second-order valence-corrected chi connectivity index (χ2v) is 10.1. The molecule has 15 nitrogen and oxygen atoms in total. The number of nitrogen functional groups attached to an aromatic ring is 2. The van der Waals surface area contributed by atoms with Gasteiger partial charge in [0.25, 0.3) is 11.8 Å². The second kappa shape index (κ2) is 13.8. The largest absolute Gasteiger partial charge is 0.480 e. The van der Waals surface area contributed by atoms with Gasteiger partial charge in [-0.3, -0.25) is 9.59 Å². The predicted molar refractivity (Wildman–Crippen MR) is 162 cm³/mol. The van der Waals surface area contributed by atoms with Crippen molar-refractivity contribution in [3.63, 3.8) is 0 Å². The van der Waals surface area contributed by atoms with Gasteiger partial charge in [-0.1, -0.05) is 35.3 Å². The van der Waals surface area contributed by atoms with Gasteiger partial charge in [-0.2, -0.15) is 9.97 Å². The summed E-state index contributed by atoms with van der Waals surface area (Å²) in [5, 5.41) is 27.0. The second-order valence-electron chi connectivity index (χ2n) is 9.28. The van der Waals surface area contributed by atoms with Gasteiger partial charge in [0.1, 0.15) is 6.04 Å².